The summed E-state index contributed by atoms with van der Waals surface area (Å²) in [6.07, 6.45) is 1.57. The number of fused-ring (bicyclic) bond motifs is 1. The van der Waals surface area contributed by atoms with Crippen LogP contribution < -0.4 is 4.72 Å². The number of phenols is 1. The second-order valence-electron chi connectivity index (χ2n) is 5.14. The topological polar surface area (TPSA) is 88.4 Å². The number of carbonyl (C=O) groups is 1. The minimum Gasteiger partial charge on any atom is -0.505 e. The molecule has 0 saturated carbocycles. The Morgan fingerprint density at radius 1 is 1.17 bits per heavy atom. The van der Waals surface area contributed by atoms with Crippen LogP contribution in [0.3, 0.4) is 0 Å². The smallest absolute Gasteiger partial charge is 0.265 e. The highest BCUT2D eigenvalue weighted by atomic mass is 35.5. The summed E-state index contributed by atoms with van der Waals surface area (Å²) in [4.78, 5) is 11.3. The van der Waals surface area contributed by atoms with Gasteiger partial charge in [-0.1, -0.05) is 23.7 Å². The molecule has 124 valence electrons. The first kappa shape index (κ1) is 16.4. The number of aromatic hydroxyl groups is 1. The molecule has 3 aromatic rings. The van der Waals surface area contributed by atoms with Crippen molar-refractivity contribution in [2.75, 3.05) is 4.72 Å². The van der Waals surface area contributed by atoms with Gasteiger partial charge in [0.1, 0.15) is 4.90 Å². The summed E-state index contributed by atoms with van der Waals surface area (Å²) in [5.41, 5.74) is 0.880. The van der Waals surface area contributed by atoms with Gasteiger partial charge >= 0.3 is 0 Å². The van der Waals surface area contributed by atoms with Gasteiger partial charge in [-0.25, -0.2) is 8.42 Å². The van der Waals surface area contributed by atoms with Gasteiger partial charge in [0.2, 0.25) is 5.91 Å². The fourth-order valence-corrected chi connectivity index (χ4v) is 3.87. The molecule has 2 N–H and O–H groups in total. The van der Waals surface area contributed by atoms with Gasteiger partial charge in [-0.2, -0.15) is 0 Å². The van der Waals surface area contributed by atoms with E-state index in [9.17, 15) is 18.3 Å². The van der Waals surface area contributed by atoms with Crippen molar-refractivity contribution in [3.05, 3.63) is 53.7 Å². The number of hydrogen-bond donors (Lipinski definition) is 2. The molecular formula is C16H13ClN2O4S. The molecule has 0 radical (unpaired) electrons. The van der Waals surface area contributed by atoms with E-state index in [1.165, 1.54) is 29.7 Å². The van der Waals surface area contributed by atoms with Gasteiger partial charge in [-0.15, -0.1) is 0 Å². The number of anilines is 1. The first-order valence-corrected chi connectivity index (χ1v) is 8.78. The largest absolute Gasteiger partial charge is 0.505 e. The second kappa shape index (κ2) is 5.85. The maximum atomic E-state index is 12.6. The van der Waals surface area contributed by atoms with Crippen molar-refractivity contribution in [1.82, 2.24) is 4.57 Å². The number of phenolic OH excluding ortho intramolecular Hbond substituents is 1. The fraction of sp³-hybridized carbons (Fsp3) is 0.0625. The molecule has 0 unspecified atom stereocenters. The lowest BCUT2D eigenvalue weighted by molar-refractivity contribution is 0.0941. The van der Waals surface area contributed by atoms with E-state index in [1.807, 2.05) is 0 Å². The van der Waals surface area contributed by atoms with Crippen LogP contribution in [0.25, 0.3) is 10.9 Å². The van der Waals surface area contributed by atoms with Crippen molar-refractivity contribution in [1.29, 1.82) is 0 Å². The van der Waals surface area contributed by atoms with Crippen LogP contribution >= 0.6 is 11.6 Å². The Labute approximate surface area is 143 Å². The summed E-state index contributed by atoms with van der Waals surface area (Å²) in [6, 6.07) is 10.7. The van der Waals surface area contributed by atoms with Gasteiger partial charge in [0.05, 0.1) is 16.2 Å². The van der Waals surface area contributed by atoms with E-state index >= 15 is 0 Å². The summed E-state index contributed by atoms with van der Waals surface area (Å²) in [5, 5.41) is 10.4. The Hall–Kier alpha value is -2.51. The molecule has 24 heavy (non-hydrogen) atoms. The van der Waals surface area contributed by atoms with Crippen molar-refractivity contribution in [2.45, 2.75) is 11.8 Å². The number of rotatable bonds is 3. The molecule has 1 aromatic heterocycles. The summed E-state index contributed by atoms with van der Waals surface area (Å²) in [5.74, 6) is -0.697. The Bertz CT molecular complexity index is 1060. The number of sulfonamides is 1. The van der Waals surface area contributed by atoms with E-state index < -0.39 is 15.8 Å². The van der Waals surface area contributed by atoms with Crippen LogP contribution in [0.15, 0.2) is 53.6 Å². The number of halogens is 1. The monoisotopic (exact) mass is 364 g/mol. The molecule has 8 heteroatoms. The molecule has 0 bridgehead atoms. The zero-order valence-electron chi connectivity index (χ0n) is 12.5. The molecule has 0 aliphatic rings. The predicted octanol–water partition coefficient (Wildman–Crippen LogP) is 3.46. The first-order valence-electron chi connectivity index (χ1n) is 6.92. The zero-order chi connectivity index (χ0) is 17.5. The molecule has 0 fully saturated rings. The van der Waals surface area contributed by atoms with E-state index in [4.69, 9.17) is 11.6 Å². The van der Waals surface area contributed by atoms with Gasteiger partial charge in [0, 0.05) is 18.5 Å². The summed E-state index contributed by atoms with van der Waals surface area (Å²) >= 11 is 5.77. The average Bonchev–Trinajstić information content (AvgIpc) is 2.95. The van der Waals surface area contributed by atoms with Crippen LogP contribution in [0.5, 0.6) is 5.75 Å². The van der Waals surface area contributed by atoms with E-state index in [0.717, 1.165) is 0 Å². The number of aromatic nitrogens is 1. The standard InChI is InChI=1S/C16H13ClN2O4S/c1-10(20)19-9-8-11-13(5-3-6-14(11)19)18-24(22,23)15-7-2-4-12(17)16(15)21/h2-9,18,21H,1H3. The van der Waals surface area contributed by atoms with Gasteiger partial charge in [-0.3, -0.25) is 14.1 Å². The maximum absolute atomic E-state index is 12.6. The van der Waals surface area contributed by atoms with E-state index in [-0.39, 0.29) is 15.8 Å². The minimum absolute atomic E-state index is 0.0567. The molecule has 0 atom stereocenters. The van der Waals surface area contributed by atoms with Crippen LogP contribution in [-0.2, 0) is 10.0 Å². The molecule has 0 saturated heterocycles. The zero-order valence-corrected chi connectivity index (χ0v) is 14.1. The third kappa shape index (κ3) is 2.72. The van der Waals surface area contributed by atoms with Crippen LogP contribution in [0.2, 0.25) is 5.02 Å². The first-order chi connectivity index (χ1) is 11.3. The summed E-state index contributed by atoms with van der Waals surface area (Å²) < 4.78 is 29.0. The molecule has 0 aliphatic carbocycles. The lowest BCUT2D eigenvalue weighted by Gasteiger charge is -2.11. The Morgan fingerprint density at radius 2 is 1.88 bits per heavy atom. The molecule has 1 heterocycles. The number of benzene rings is 2. The van der Waals surface area contributed by atoms with Gasteiger partial charge in [-0.05, 0) is 30.3 Å². The van der Waals surface area contributed by atoms with Crippen LogP contribution in [0, 0.1) is 0 Å². The van der Waals surface area contributed by atoms with Crippen molar-refractivity contribution < 1.29 is 18.3 Å². The quantitative estimate of drug-likeness (QED) is 0.744. The summed E-state index contributed by atoms with van der Waals surface area (Å²) in [7, 11) is -4.05. The third-order valence-electron chi connectivity index (χ3n) is 3.56. The lowest BCUT2D eigenvalue weighted by Crippen LogP contribution is -2.13. The molecular weight excluding hydrogens is 352 g/mol. The maximum Gasteiger partial charge on any atom is 0.265 e. The highest BCUT2D eigenvalue weighted by Gasteiger charge is 2.21. The lowest BCUT2D eigenvalue weighted by atomic mass is 10.2. The highest BCUT2D eigenvalue weighted by Crippen LogP contribution is 2.33. The van der Waals surface area contributed by atoms with Gasteiger partial charge in [0.25, 0.3) is 10.0 Å². The molecule has 6 nitrogen and oxygen atoms in total. The molecule has 0 spiro atoms. The van der Waals surface area contributed by atoms with Crippen molar-refractivity contribution >= 4 is 44.1 Å². The number of carbonyl (C=O) groups excluding carboxylic acids is 1. The predicted molar refractivity (Wildman–Crippen MR) is 92.2 cm³/mol. The minimum atomic E-state index is -4.05. The van der Waals surface area contributed by atoms with Crippen molar-refractivity contribution in [3.63, 3.8) is 0 Å². The molecule has 0 amide bonds. The average molecular weight is 365 g/mol. The van der Waals surface area contributed by atoms with E-state index in [1.54, 1.807) is 30.5 Å². The third-order valence-corrected chi connectivity index (χ3v) is 5.26. The normalized spacial score (nSPS) is 11.6. The Morgan fingerprint density at radius 3 is 2.58 bits per heavy atom. The second-order valence-corrected chi connectivity index (χ2v) is 7.19. The Balaban J connectivity index is 2.10. The molecule has 2 aromatic carbocycles. The number of hydrogen-bond acceptors (Lipinski definition) is 4. The fourth-order valence-electron chi connectivity index (χ4n) is 2.44. The van der Waals surface area contributed by atoms with Crippen LogP contribution in [0.1, 0.15) is 11.7 Å². The van der Waals surface area contributed by atoms with E-state index in [0.29, 0.717) is 16.6 Å². The van der Waals surface area contributed by atoms with E-state index in [2.05, 4.69) is 4.72 Å². The van der Waals surface area contributed by atoms with Gasteiger partial charge < -0.3 is 5.11 Å². The van der Waals surface area contributed by atoms with Crippen molar-refractivity contribution in [2.24, 2.45) is 0 Å². The SMILES string of the molecule is CC(=O)n1ccc2c(NS(=O)(=O)c3cccc(Cl)c3O)cccc21. The Kier molecular flexibility index (Phi) is 3.98. The number of para-hydroxylation sites is 1. The van der Waals surface area contributed by atoms with Crippen LogP contribution in [-0.4, -0.2) is 24.0 Å². The van der Waals surface area contributed by atoms with Crippen molar-refractivity contribution in [3.8, 4) is 5.75 Å². The number of nitrogens with zero attached hydrogens (tertiary/aromatic N) is 1. The number of nitrogens with one attached hydrogen (secondary N) is 1. The van der Waals surface area contributed by atoms with Crippen LogP contribution in [0.4, 0.5) is 5.69 Å². The van der Waals surface area contributed by atoms with Gasteiger partial charge in [0.15, 0.2) is 5.75 Å². The molecule has 3 rings (SSSR count). The summed E-state index contributed by atoms with van der Waals surface area (Å²) in [6.45, 7) is 1.42. The molecule has 0 aliphatic heterocycles. The highest BCUT2D eigenvalue weighted by molar-refractivity contribution is 7.92.